The first-order valence-electron chi connectivity index (χ1n) is 12.7. The van der Waals surface area contributed by atoms with Gasteiger partial charge in [-0.15, -0.1) is 0 Å². The molecule has 1 unspecified atom stereocenters. The maximum Gasteiger partial charge on any atom is 0.167 e. The lowest BCUT2D eigenvalue weighted by molar-refractivity contribution is 0.0558. The lowest BCUT2D eigenvalue weighted by Crippen LogP contribution is -2.51. The Morgan fingerprint density at radius 2 is 1.35 bits per heavy atom. The molecule has 3 aromatic carbocycles. The first kappa shape index (κ1) is 26.8. The Bertz CT molecular complexity index is 1220. The van der Waals surface area contributed by atoms with Gasteiger partial charge in [0.05, 0.1) is 0 Å². The number of aryl methyl sites for hydroxylation is 1. The lowest BCUT2D eigenvalue weighted by Gasteiger charge is -2.44. The van der Waals surface area contributed by atoms with E-state index >= 15 is 0 Å². The summed E-state index contributed by atoms with van der Waals surface area (Å²) in [7, 11) is 3.96. The van der Waals surface area contributed by atoms with Crippen LogP contribution in [0.2, 0.25) is 0 Å². The molecule has 0 aliphatic carbocycles. The van der Waals surface area contributed by atoms with Gasteiger partial charge in [-0.25, -0.2) is 8.78 Å². The van der Waals surface area contributed by atoms with Crippen LogP contribution in [0.15, 0.2) is 66.7 Å². The smallest absolute Gasteiger partial charge is 0.167 e. The van der Waals surface area contributed by atoms with Crippen molar-refractivity contribution in [2.24, 2.45) is 11.8 Å². The zero-order valence-corrected chi connectivity index (χ0v) is 21.9. The van der Waals surface area contributed by atoms with Gasteiger partial charge in [0.15, 0.2) is 11.6 Å². The van der Waals surface area contributed by atoms with E-state index in [2.05, 4.69) is 9.80 Å². The molecule has 1 aliphatic rings. The highest BCUT2D eigenvalue weighted by Crippen LogP contribution is 2.42. The Kier molecular flexibility index (Phi) is 8.30. The number of piperidine rings is 1. The highest BCUT2D eigenvalue weighted by molar-refractivity contribution is 6.02. The molecule has 3 aromatic rings. The number of ketones is 2. The van der Waals surface area contributed by atoms with Crippen LogP contribution in [0.5, 0.6) is 0 Å². The van der Waals surface area contributed by atoms with Gasteiger partial charge in [0, 0.05) is 55.1 Å². The number of carbonyl (C=O) groups excluding carboxylic acids is 2. The number of Topliss-reactive ketones (excluding diaryl/α,β-unsaturated/α-hetero) is 2. The molecule has 0 saturated carbocycles. The summed E-state index contributed by atoms with van der Waals surface area (Å²) in [5, 5.41) is 0. The van der Waals surface area contributed by atoms with Crippen molar-refractivity contribution in [1.82, 2.24) is 9.80 Å². The summed E-state index contributed by atoms with van der Waals surface area (Å²) < 4.78 is 28.2. The molecule has 0 amide bonds. The summed E-state index contributed by atoms with van der Waals surface area (Å²) in [5.41, 5.74) is 3.64. The van der Waals surface area contributed by atoms with Crippen molar-refractivity contribution in [1.29, 1.82) is 0 Å². The number of hydrogen-bond acceptors (Lipinski definition) is 4. The Balaban J connectivity index is 1.85. The minimum absolute atomic E-state index is 0.183. The van der Waals surface area contributed by atoms with E-state index < -0.39 is 29.4 Å². The van der Waals surface area contributed by atoms with E-state index in [4.69, 9.17) is 0 Å². The van der Waals surface area contributed by atoms with Gasteiger partial charge < -0.3 is 9.80 Å². The van der Waals surface area contributed by atoms with Crippen molar-refractivity contribution in [2.75, 3.05) is 40.3 Å². The van der Waals surface area contributed by atoms with E-state index in [9.17, 15) is 18.4 Å². The molecule has 1 saturated heterocycles. The molecule has 1 fully saturated rings. The highest BCUT2D eigenvalue weighted by Gasteiger charge is 2.45. The molecule has 0 bridgehead atoms. The second-order valence-electron chi connectivity index (χ2n) is 10.3. The Morgan fingerprint density at radius 3 is 1.84 bits per heavy atom. The molecule has 194 valence electrons. The van der Waals surface area contributed by atoms with Gasteiger partial charge in [0.25, 0.3) is 0 Å². The fourth-order valence-corrected chi connectivity index (χ4v) is 5.43. The van der Waals surface area contributed by atoms with E-state index in [-0.39, 0.29) is 11.6 Å². The maximum atomic E-state index is 14.1. The van der Waals surface area contributed by atoms with Gasteiger partial charge in [0.1, 0.15) is 11.6 Å². The van der Waals surface area contributed by atoms with Crippen LogP contribution >= 0.6 is 0 Å². The van der Waals surface area contributed by atoms with Crippen LogP contribution in [-0.4, -0.2) is 61.6 Å². The zero-order chi connectivity index (χ0) is 26.7. The normalized spacial score (nSPS) is 20.2. The molecule has 1 aliphatic heterocycles. The number of likely N-dealkylation sites (tertiary alicyclic amines) is 1. The van der Waals surface area contributed by atoms with Crippen molar-refractivity contribution >= 4 is 11.6 Å². The summed E-state index contributed by atoms with van der Waals surface area (Å²) in [6.45, 7) is 6.36. The molecular formula is C31H34F2N2O2. The summed E-state index contributed by atoms with van der Waals surface area (Å²) >= 11 is 0. The predicted octanol–water partition coefficient (Wildman–Crippen LogP) is 5.54. The SMILES string of the molecule is Cc1cccc(C2[C@@H](C(=O)c3cccc(F)c3)CN(CCN(C)C)C[C@H]2C(=O)c2cccc(F)c2)c1C. The largest absolute Gasteiger partial charge is 0.308 e. The quantitative estimate of drug-likeness (QED) is 0.378. The summed E-state index contributed by atoms with van der Waals surface area (Å²) in [6, 6.07) is 17.5. The van der Waals surface area contributed by atoms with E-state index in [1.165, 1.54) is 36.4 Å². The summed E-state index contributed by atoms with van der Waals surface area (Å²) in [5.74, 6) is -2.87. The Labute approximate surface area is 217 Å². The first-order chi connectivity index (χ1) is 17.7. The molecule has 0 N–H and O–H groups in total. The number of hydrogen-bond donors (Lipinski definition) is 0. The number of nitrogens with zero attached hydrogens (tertiary/aromatic N) is 2. The third kappa shape index (κ3) is 6.03. The number of rotatable bonds is 8. The minimum atomic E-state index is -0.569. The van der Waals surface area contributed by atoms with Gasteiger partial charge in [-0.1, -0.05) is 42.5 Å². The number of halogens is 2. The number of carbonyl (C=O) groups is 2. The first-order valence-corrected chi connectivity index (χ1v) is 12.7. The molecule has 3 atom stereocenters. The van der Waals surface area contributed by atoms with Crippen LogP contribution in [0.4, 0.5) is 8.78 Å². The van der Waals surface area contributed by atoms with E-state index in [1.807, 2.05) is 46.1 Å². The molecule has 0 aromatic heterocycles. The van der Waals surface area contributed by atoms with Crippen molar-refractivity contribution in [3.8, 4) is 0 Å². The Morgan fingerprint density at radius 1 is 0.838 bits per heavy atom. The van der Waals surface area contributed by atoms with Crippen LogP contribution in [0.25, 0.3) is 0 Å². The van der Waals surface area contributed by atoms with Crippen LogP contribution < -0.4 is 0 Å². The molecule has 4 nitrogen and oxygen atoms in total. The highest BCUT2D eigenvalue weighted by atomic mass is 19.1. The minimum Gasteiger partial charge on any atom is -0.308 e. The average Bonchev–Trinajstić information content (AvgIpc) is 2.88. The topological polar surface area (TPSA) is 40.6 Å². The summed E-state index contributed by atoms with van der Waals surface area (Å²) in [4.78, 5) is 32.2. The molecular weight excluding hydrogens is 470 g/mol. The number of benzene rings is 3. The fourth-order valence-electron chi connectivity index (χ4n) is 5.43. The van der Waals surface area contributed by atoms with Gasteiger partial charge in [-0.3, -0.25) is 9.59 Å². The van der Waals surface area contributed by atoms with Gasteiger partial charge in [-0.05, 0) is 68.9 Å². The predicted molar refractivity (Wildman–Crippen MR) is 142 cm³/mol. The standard InChI is InChI=1S/C31H34F2N2O2/c1-20-8-5-13-26(21(20)2)29-27(30(36)22-9-6-11-24(32)16-22)18-35(15-14-34(3)4)19-28(29)31(37)23-10-7-12-25(33)17-23/h5-13,16-17,27-29H,14-15,18-19H2,1-4H3/t27-,28+,29?. The van der Waals surface area contributed by atoms with Crippen LogP contribution in [0.1, 0.15) is 43.3 Å². The summed E-state index contributed by atoms with van der Waals surface area (Å²) in [6.07, 6.45) is 0. The van der Waals surface area contributed by atoms with Crippen LogP contribution in [0, 0.1) is 37.3 Å². The third-order valence-corrected chi connectivity index (χ3v) is 7.54. The van der Waals surface area contributed by atoms with Crippen LogP contribution in [-0.2, 0) is 0 Å². The molecule has 6 heteroatoms. The maximum absolute atomic E-state index is 14.1. The third-order valence-electron chi connectivity index (χ3n) is 7.54. The number of likely N-dealkylation sites (N-methyl/N-ethyl adjacent to an activating group) is 1. The molecule has 0 radical (unpaired) electrons. The van der Waals surface area contributed by atoms with Gasteiger partial charge >= 0.3 is 0 Å². The van der Waals surface area contributed by atoms with Crippen molar-refractivity contribution in [3.05, 3.63) is 106 Å². The fraction of sp³-hybridized carbons (Fsp3) is 0.355. The molecule has 0 spiro atoms. The Hall–Kier alpha value is -3.22. The van der Waals surface area contributed by atoms with Gasteiger partial charge in [0.2, 0.25) is 0 Å². The molecule has 37 heavy (non-hydrogen) atoms. The van der Waals surface area contributed by atoms with E-state index in [0.29, 0.717) is 30.8 Å². The lowest BCUT2D eigenvalue weighted by atomic mass is 9.67. The van der Waals surface area contributed by atoms with Crippen molar-refractivity contribution in [2.45, 2.75) is 19.8 Å². The van der Waals surface area contributed by atoms with Crippen LogP contribution in [0.3, 0.4) is 0 Å². The van der Waals surface area contributed by atoms with E-state index in [0.717, 1.165) is 23.2 Å². The second kappa shape index (κ2) is 11.4. The second-order valence-corrected chi connectivity index (χ2v) is 10.3. The van der Waals surface area contributed by atoms with Crippen molar-refractivity contribution in [3.63, 3.8) is 0 Å². The monoisotopic (exact) mass is 504 g/mol. The molecule has 1 heterocycles. The van der Waals surface area contributed by atoms with E-state index in [1.54, 1.807) is 12.1 Å². The average molecular weight is 505 g/mol. The molecule has 4 rings (SSSR count). The van der Waals surface area contributed by atoms with Crippen molar-refractivity contribution < 1.29 is 18.4 Å². The zero-order valence-electron chi connectivity index (χ0n) is 21.9. The van der Waals surface area contributed by atoms with Gasteiger partial charge in [-0.2, -0.15) is 0 Å².